The van der Waals surface area contributed by atoms with Gasteiger partial charge in [0.2, 0.25) is 0 Å². The van der Waals surface area contributed by atoms with Crippen molar-refractivity contribution in [3.8, 4) is 17.2 Å². The van der Waals surface area contributed by atoms with Crippen LogP contribution in [-0.4, -0.2) is 17.7 Å². The Hall–Kier alpha value is -3.76. The van der Waals surface area contributed by atoms with Gasteiger partial charge in [0.1, 0.15) is 19.0 Å². The van der Waals surface area contributed by atoms with Crippen molar-refractivity contribution in [2.24, 2.45) is 0 Å². The normalized spacial score (nSPS) is 11.7. The lowest BCUT2D eigenvalue weighted by atomic mass is 10.1. The largest absolute Gasteiger partial charge is 0.508 e. The smallest absolute Gasteiger partial charge is 0.161 e. The van der Waals surface area contributed by atoms with Gasteiger partial charge < -0.3 is 19.9 Å². The van der Waals surface area contributed by atoms with Gasteiger partial charge in [-0.05, 0) is 79.3 Å². The van der Waals surface area contributed by atoms with Gasteiger partial charge in [0, 0.05) is 6.04 Å². The molecule has 4 nitrogen and oxygen atoms in total. The number of hydrogen-bond acceptors (Lipinski definition) is 4. The van der Waals surface area contributed by atoms with Gasteiger partial charge >= 0.3 is 0 Å². The van der Waals surface area contributed by atoms with Crippen LogP contribution in [0.2, 0.25) is 0 Å². The Kier molecular flexibility index (Phi) is 9.40. The second-order valence-corrected chi connectivity index (χ2v) is 9.14. The average Bonchev–Trinajstić information content (AvgIpc) is 2.92. The van der Waals surface area contributed by atoms with Crippen LogP contribution >= 0.6 is 0 Å². The summed E-state index contributed by atoms with van der Waals surface area (Å²) >= 11 is 0. The fourth-order valence-electron chi connectivity index (χ4n) is 4.02. The van der Waals surface area contributed by atoms with E-state index in [0.29, 0.717) is 25.0 Å². The number of phenolic OH excluding ortho intramolecular Hbond substituents is 1. The van der Waals surface area contributed by atoms with Crippen molar-refractivity contribution in [2.75, 3.05) is 6.54 Å². The molecule has 0 fully saturated rings. The number of hydrogen-bond donors (Lipinski definition) is 2. The summed E-state index contributed by atoms with van der Waals surface area (Å²) in [6.45, 7) is 4.11. The van der Waals surface area contributed by atoms with Gasteiger partial charge in [0.05, 0.1) is 0 Å². The summed E-state index contributed by atoms with van der Waals surface area (Å²) in [5, 5.41) is 13.1. The fourth-order valence-corrected chi connectivity index (χ4v) is 4.02. The van der Waals surface area contributed by atoms with E-state index in [2.05, 4.69) is 48.6 Å². The van der Waals surface area contributed by atoms with Crippen LogP contribution in [0.3, 0.4) is 0 Å². The van der Waals surface area contributed by atoms with E-state index < -0.39 is 0 Å². The molecule has 0 bridgehead atoms. The van der Waals surface area contributed by atoms with Gasteiger partial charge in [-0.25, -0.2) is 0 Å². The van der Waals surface area contributed by atoms with Crippen LogP contribution in [0.1, 0.15) is 35.6 Å². The summed E-state index contributed by atoms with van der Waals surface area (Å²) < 4.78 is 12.3. The number of ether oxygens (including phenoxy) is 2. The molecule has 0 saturated heterocycles. The van der Waals surface area contributed by atoms with E-state index in [4.69, 9.17) is 9.47 Å². The molecule has 1 unspecified atom stereocenters. The maximum absolute atomic E-state index is 9.44. The zero-order valence-electron chi connectivity index (χ0n) is 20.9. The molecular weight excluding hydrogens is 446 g/mol. The third-order valence-electron chi connectivity index (χ3n) is 6.19. The molecule has 0 aliphatic carbocycles. The van der Waals surface area contributed by atoms with E-state index in [1.54, 1.807) is 12.1 Å². The molecule has 186 valence electrons. The first-order valence-corrected chi connectivity index (χ1v) is 12.6. The van der Waals surface area contributed by atoms with Gasteiger partial charge in [-0.15, -0.1) is 0 Å². The molecule has 0 amide bonds. The molecular formula is C32H35NO3. The van der Waals surface area contributed by atoms with E-state index >= 15 is 0 Å². The van der Waals surface area contributed by atoms with Crippen molar-refractivity contribution in [3.05, 3.63) is 125 Å². The first kappa shape index (κ1) is 25.3. The third kappa shape index (κ3) is 8.17. The summed E-state index contributed by atoms with van der Waals surface area (Å²) in [6, 6.07) is 34.5. The second kappa shape index (κ2) is 13.4. The molecule has 0 aliphatic rings. The van der Waals surface area contributed by atoms with Crippen molar-refractivity contribution in [1.82, 2.24) is 5.32 Å². The van der Waals surface area contributed by atoms with Gasteiger partial charge in [0.15, 0.2) is 11.5 Å². The summed E-state index contributed by atoms with van der Waals surface area (Å²) in [4.78, 5) is 0. The van der Waals surface area contributed by atoms with Crippen molar-refractivity contribution in [2.45, 2.75) is 45.4 Å². The molecule has 2 N–H and O–H groups in total. The number of aromatic hydroxyl groups is 1. The highest BCUT2D eigenvalue weighted by Gasteiger charge is 2.09. The lowest BCUT2D eigenvalue weighted by molar-refractivity contribution is 0.255. The van der Waals surface area contributed by atoms with E-state index in [1.165, 1.54) is 11.1 Å². The Labute approximate surface area is 214 Å². The quantitative estimate of drug-likeness (QED) is 0.223. The minimum atomic E-state index is 0.313. The molecule has 0 heterocycles. The van der Waals surface area contributed by atoms with Crippen LogP contribution in [0.4, 0.5) is 0 Å². The number of phenols is 1. The molecule has 0 radical (unpaired) electrons. The van der Waals surface area contributed by atoms with Gasteiger partial charge in [-0.3, -0.25) is 0 Å². The first-order chi connectivity index (χ1) is 17.7. The molecule has 4 rings (SSSR count). The van der Waals surface area contributed by atoms with E-state index in [9.17, 15) is 5.11 Å². The standard InChI is InChI=1S/C32H35NO3/c1-25(12-13-26-14-17-30(34)18-15-26)33-21-20-27-16-19-31(35-23-28-8-4-2-5-9-28)32(22-27)36-24-29-10-6-3-7-11-29/h2-11,14-19,22,25,33-34H,12-13,20-21,23-24H2,1H3. The van der Waals surface area contributed by atoms with Crippen molar-refractivity contribution in [1.29, 1.82) is 0 Å². The van der Waals surface area contributed by atoms with Crippen LogP contribution in [0.15, 0.2) is 103 Å². The summed E-state index contributed by atoms with van der Waals surface area (Å²) in [5.74, 6) is 1.84. The molecule has 0 saturated carbocycles. The predicted molar refractivity (Wildman–Crippen MR) is 146 cm³/mol. The van der Waals surface area contributed by atoms with Gasteiger partial charge in [-0.2, -0.15) is 0 Å². The zero-order chi connectivity index (χ0) is 25.0. The van der Waals surface area contributed by atoms with Gasteiger partial charge in [-0.1, -0.05) is 78.9 Å². The topological polar surface area (TPSA) is 50.7 Å². The minimum Gasteiger partial charge on any atom is -0.508 e. The number of aryl methyl sites for hydroxylation is 1. The average molecular weight is 482 g/mol. The van der Waals surface area contributed by atoms with E-state index in [-0.39, 0.29) is 0 Å². The Morgan fingerprint density at radius 3 is 1.86 bits per heavy atom. The Morgan fingerprint density at radius 1 is 0.639 bits per heavy atom. The molecule has 4 aromatic carbocycles. The van der Waals surface area contributed by atoms with Crippen molar-refractivity contribution < 1.29 is 14.6 Å². The summed E-state index contributed by atoms with van der Waals surface area (Å²) in [6.07, 6.45) is 2.94. The summed E-state index contributed by atoms with van der Waals surface area (Å²) in [5.41, 5.74) is 4.71. The molecule has 0 aliphatic heterocycles. The molecule has 1 atom stereocenters. The number of rotatable bonds is 13. The fraction of sp³-hybridized carbons (Fsp3) is 0.250. The third-order valence-corrected chi connectivity index (χ3v) is 6.19. The highest BCUT2D eigenvalue weighted by molar-refractivity contribution is 5.43. The van der Waals surface area contributed by atoms with Crippen molar-refractivity contribution in [3.63, 3.8) is 0 Å². The molecule has 4 aromatic rings. The van der Waals surface area contributed by atoms with Crippen LogP contribution in [0.5, 0.6) is 17.2 Å². The van der Waals surface area contributed by atoms with Crippen LogP contribution in [0, 0.1) is 0 Å². The number of benzene rings is 4. The van der Waals surface area contributed by atoms with Crippen molar-refractivity contribution >= 4 is 0 Å². The molecule has 36 heavy (non-hydrogen) atoms. The minimum absolute atomic E-state index is 0.313. The molecule has 4 heteroatoms. The Bertz CT molecular complexity index is 1180. The first-order valence-electron chi connectivity index (χ1n) is 12.6. The van der Waals surface area contributed by atoms with Gasteiger partial charge in [0.25, 0.3) is 0 Å². The number of nitrogens with one attached hydrogen (secondary N) is 1. The van der Waals surface area contributed by atoms with Crippen LogP contribution in [0.25, 0.3) is 0 Å². The SMILES string of the molecule is CC(CCc1ccc(O)cc1)NCCc1ccc(OCc2ccccc2)c(OCc2ccccc2)c1. The molecule has 0 aromatic heterocycles. The zero-order valence-corrected chi connectivity index (χ0v) is 20.9. The summed E-state index contributed by atoms with van der Waals surface area (Å²) in [7, 11) is 0. The van der Waals surface area contributed by atoms with Crippen LogP contribution in [-0.2, 0) is 26.1 Å². The monoisotopic (exact) mass is 481 g/mol. The second-order valence-electron chi connectivity index (χ2n) is 9.14. The maximum Gasteiger partial charge on any atom is 0.161 e. The highest BCUT2D eigenvalue weighted by Crippen LogP contribution is 2.30. The van der Waals surface area contributed by atoms with Crippen LogP contribution < -0.4 is 14.8 Å². The Balaban J connectivity index is 1.32. The Morgan fingerprint density at radius 2 is 1.22 bits per heavy atom. The lowest BCUT2D eigenvalue weighted by Gasteiger charge is -2.16. The molecule has 0 spiro atoms. The highest BCUT2D eigenvalue weighted by atomic mass is 16.5. The predicted octanol–water partition coefficient (Wildman–Crippen LogP) is 6.70. The van der Waals surface area contributed by atoms with E-state index in [1.807, 2.05) is 54.6 Å². The lowest BCUT2D eigenvalue weighted by Crippen LogP contribution is -2.28. The van der Waals surface area contributed by atoms with E-state index in [0.717, 1.165) is 48.4 Å². The maximum atomic E-state index is 9.44.